The lowest BCUT2D eigenvalue weighted by atomic mass is 10.2. The number of sulfonamides is 1. The highest BCUT2D eigenvalue weighted by Crippen LogP contribution is 2.25. The van der Waals surface area contributed by atoms with Crippen LogP contribution in [-0.4, -0.2) is 41.5 Å². The molecular weight excluding hydrogens is 384 g/mol. The summed E-state index contributed by atoms with van der Waals surface area (Å²) in [5, 5.41) is 0.656. The summed E-state index contributed by atoms with van der Waals surface area (Å²) in [6.45, 7) is 0. The lowest BCUT2D eigenvalue weighted by Crippen LogP contribution is -2.31. The molecule has 1 aromatic heterocycles. The average molecular weight is 402 g/mol. The molecule has 0 unspecified atom stereocenters. The molecule has 0 aliphatic rings. The molecule has 0 radical (unpaired) electrons. The smallest absolute Gasteiger partial charge is 0.339 e. The van der Waals surface area contributed by atoms with Crippen LogP contribution < -0.4 is 9.62 Å². The molecule has 0 spiro atoms. The van der Waals surface area contributed by atoms with E-state index in [-0.39, 0.29) is 16.2 Å². The van der Waals surface area contributed by atoms with E-state index in [2.05, 4.69) is 4.74 Å². The summed E-state index contributed by atoms with van der Waals surface area (Å²) >= 11 is 0. The summed E-state index contributed by atoms with van der Waals surface area (Å²) < 4.78 is 37.3. The zero-order valence-corrected chi connectivity index (χ0v) is 16.2. The van der Waals surface area contributed by atoms with Crippen molar-refractivity contribution < 1.29 is 27.2 Å². The molecule has 0 atom stereocenters. The predicted octanol–water partition coefficient (Wildman–Crippen LogP) is 2.40. The van der Waals surface area contributed by atoms with E-state index in [0.29, 0.717) is 11.0 Å². The Morgan fingerprint density at radius 2 is 1.79 bits per heavy atom. The molecule has 1 heterocycles. The third-order valence-corrected chi connectivity index (χ3v) is 5.44. The van der Waals surface area contributed by atoms with Crippen LogP contribution in [0.15, 0.2) is 57.8 Å². The van der Waals surface area contributed by atoms with Crippen molar-refractivity contribution in [2.75, 3.05) is 26.1 Å². The Morgan fingerprint density at radius 3 is 2.46 bits per heavy atom. The number of hydrogen-bond donors (Lipinski definition) is 1. The first-order valence-electron chi connectivity index (χ1n) is 8.18. The maximum absolute atomic E-state index is 12.6. The van der Waals surface area contributed by atoms with Crippen molar-refractivity contribution >= 4 is 38.6 Å². The highest BCUT2D eigenvalue weighted by Gasteiger charge is 2.26. The van der Waals surface area contributed by atoms with Crippen LogP contribution in [0.5, 0.6) is 0 Å². The van der Waals surface area contributed by atoms with E-state index >= 15 is 0 Å². The first-order valence-corrected chi connectivity index (χ1v) is 9.66. The third kappa shape index (κ3) is 3.70. The number of fused-ring (bicyclic) bond motifs is 1. The van der Waals surface area contributed by atoms with E-state index in [1.165, 1.54) is 30.3 Å². The van der Waals surface area contributed by atoms with E-state index in [0.717, 1.165) is 12.8 Å². The van der Waals surface area contributed by atoms with Crippen molar-refractivity contribution in [3.8, 4) is 0 Å². The Hall–Kier alpha value is -3.33. The van der Waals surface area contributed by atoms with Crippen LogP contribution in [0.3, 0.4) is 0 Å². The van der Waals surface area contributed by atoms with Gasteiger partial charge in [-0.25, -0.2) is 17.9 Å². The number of esters is 1. The molecular formula is C19H18N2O6S. The molecule has 0 saturated heterocycles. The second-order valence-electron chi connectivity index (χ2n) is 6.15. The fraction of sp³-hybridized carbons (Fsp3) is 0.158. The van der Waals surface area contributed by atoms with Crippen molar-refractivity contribution in [3.63, 3.8) is 0 Å². The maximum atomic E-state index is 12.6. The number of methoxy groups -OCH3 is 1. The molecule has 3 aromatic rings. The first-order chi connectivity index (χ1) is 13.2. The fourth-order valence-electron chi connectivity index (χ4n) is 2.62. The molecule has 0 saturated carbocycles. The number of hydrogen-bond acceptors (Lipinski definition) is 7. The molecule has 28 heavy (non-hydrogen) atoms. The minimum atomic E-state index is -4.32. The second kappa shape index (κ2) is 7.35. The van der Waals surface area contributed by atoms with Crippen LogP contribution in [0.4, 0.5) is 5.69 Å². The number of rotatable bonds is 5. The summed E-state index contributed by atoms with van der Waals surface area (Å²) in [6, 6.07) is 12.3. The molecule has 0 aliphatic heterocycles. The Kier molecular flexibility index (Phi) is 5.10. The van der Waals surface area contributed by atoms with Gasteiger partial charge in [-0.05, 0) is 30.3 Å². The zero-order valence-electron chi connectivity index (χ0n) is 15.4. The van der Waals surface area contributed by atoms with Gasteiger partial charge < -0.3 is 14.1 Å². The number of furan rings is 1. The monoisotopic (exact) mass is 402 g/mol. The second-order valence-corrected chi connectivity index (χ2v) is 7.80. The number of benzene rings is 2. The SMILES string of the molecule is COC(=O)c1ccccc1S(=O)(=O)NC(=O)c1cc2ccc(N(C)C)cc2o1. The van der Waals surface area contributed by atoms with Gasteiger partial charge in [0.25, 0.3) is 10.0 Å². The molecule has 9 heteroatoms. The van der Waals surface area contributed by atoms with Crippen LogP contribution >= 0.6 is 0 Å². The summed E-state index contributed by atoms with van der Waals surface area (Å²) in [4.78, 5) is 25.8. The number of anilines is 1. The van der Waals surface area contributed by atoms with Crippen LogP contribution in [0, 0.1) is 0 Å². The molecule has 146 valence electrons. The van der Waals surface area contributed by atoms with E-state index in [1.807, 2.05) is 29.8 Å². The Bertz CT molecular complexity index is 1160. The van der Waals surface area contributed by atoms with Gasteiger partial charge in [0.05, 0.1) is 12.7 Å². The predicted molar refractivity (Wildman–Crippen MR) is 103 cm³/mol. The lowest BCUT2D eigenvalue weighted by molar-refractivity contribution is 0.0596. The van der Waals surface area contributed by atoms with E-state index < -0.39 is 21.9 Å². The molecule has 0 fully saturated rings. The van der Waals surface area contributed by atoms with Crippen molar-refractivity contribution in [2.24, 2.45) is 0 Å². The van der Waals surface area contributed by atoms with Crippen molar-refractivity contribution in [3.05, 3.63) is 59.9 Å². The summed E-state index contributed by atoms with van der Waals surface area (Å²) in [5.41, 5.74) is 1.14. The topological polar surface area (TPSA) is 106 Å². The number of ether oxygens (including phenoxy) is 1. The highest BCUT2D eigenvalue weighted by atomic mass is 32.2. The summed E-state index contributed by atoms with van der Waals surface area (Å²) in [6.07, 6.45) is 0. The number of carbonyl (C=O) groups excluding carboxylic acids is 2. The minimum absolute atomic E-state index is 0.162. The molecule has 2 aromatic carbocycles. The molecule has 3 rings (SSSR count). The molecule has 1 N–H and O–H groups in total. The minimum Gasteiger partial charge on any atom is -0.465 e. The fourth-order valence-corrected chi connectivity index (χ4v) is 3.77. The Balaban J connectivity index is 1.92. The lowest BCUT2D eigenvalue weighted by Gasteiger charge is -2.11. The van der Waals surface area contributed by atoms with Gasteiger partial charge in [0.2, 0.25) is 0 Å². The number of amides is 1. The van der Waals surface area contributed by atoms with Crippen LogP contribution in [-0.2, 0) is 14.8 Å². The van der Waals surface area contributed by atoms with Gasteiger partial charge in [0.15, 0.2) is 5.76 Å². The molecule has 8 nitrogen and oxygen atoms in total. The molecule has 0 bridgehead atoms. The summed E-state index contributed by atoms with van der Waals surface area (Å²) in [7, 11) is 0.547. The van der Waals surface area contributed by atoms with E-state index in [4.69, 9.17) is 4.42 Å². The number of carbonyl (C=O) groups is 2. The van der Waals surface area contributed by atoms with Gasteiger partial charge in [0.1, 0.15) is 10.5 Å². The van der Waals surface area contributed by atoms with Crippen LogP contribution in [0.2, 0.25) is 0 Å². The first kappa shape index (κ1) is 19.4. The van der Waals surface area contributed by atoms with Crippen molar-refractivity contribution in [1.29, 1.82) is 0 Å². The largest absolute Gasteiger partial charge is 0.465 e. The third-order valence-electron chi connectivity index (χ3n) is 4.05. The van der Waals surface area contributed by atoms with Crippen LogP contribution in [0.25, 0.3) is 11.0 Å². The van der Waals surface area contributed by atoms with Crippen molar-refractivity contribution in [1.82, 2.24) is 4.72 Å². The quantitative estimate of drug-likeness (QED) is 0.653. The van der Waals surface area contributed by atoms with Gasteiger partial charge in [-0.15, -0.1) is 0 Å². The number of nitrogens with zero attached hydrogens (tertiary/aromatic N) is 1. The van der Waals surface area contributed by atoms with E-state index in [1.54, 1.807) is 12.1 Å². The molecule has 1 amide bonds. The van der Waals surface area contributed by atoms with Gasteiger partial charge in [-0.3, -0.25) is 4.79 Å². The van der Waals surface area contributed by atoms with Crippen molar-refractivity contribution in [2.45, 2.75) is 4.90 Å². The standard InChI is InChI=1S/C19H18N2O6S/c1-21(2)13-9-8-12-10-16(27-15(12)11-13)18(22)20-28(24,25)17-7-5-4-6-14(17)19(23)26-3/h4-11H,1-3H3,(H,20,22). The van der Waals surface area contributed by atoms with E-state index in [9.17, 15) is 18.0 Å². The van der Waals surface area contributed by atoms with Gasteiger partial charge >= 0.3 is 11.9 Å². The van der Waals surface area contributed by atoms with Crippen LogP contribution in [0.1, 0.15) is 20.9 Å². The van der Waals surface area contributed by atoms with Gasteiger partial charge in [0, 0.05) is 31.2 Å². The van der Waals surface area contributed by atoms with Gasteiger partial charge in [-0.1, -0.05) is 12.1 Å². The Morgan fingerprint density at radius 1 is 1.07 bits per heavy atom. The number of nitrogens with one attached hydrogen (secondary N) is 1. The van der Waals surface area contributed by atoms with Gasteiger partial charge in [-0.2, -0.15) is 0 Å². The zero-order chi connectivity index (χ0) is 20.5. The normalized spacial score (nSPS) is 11.2. The molecule has 0 aliphatic carbocycles. The highest BCUT2D eigenvalue weighted by molar-refractivity contribution is 7.90. The summed E-state index contributed by atoms with van der Waals surface area (Å²) in [5.74, 6) is -1.93. The maximum Gasteiger partial charge on any atom is 0.339 e. The Labute approximate surface area is 161 Å². The average Bonchev–Trinajstić information content (AvgIpc) is 3.10.